The van der Waals surface area contributed by atoms with Crippen LogP contribution in [0.5, 0.6) is 23.1 Å². The van der Waals surface area contributed by atoms with Gasteiger partial charge in [0.2, 0.25) is 5.88 Å². The van der Waals surface area contributed by atoms with Crippen molar-refractivity contribution in [3.63, 3.8) is 0 Å². The maximum absolute atomic E-state index is 12.4. The number of hydrogen-bond acceptors (Lipinski definition) is 5. The van der Waals surface area contributed by atoms with Gasteiger partial charge >= 0.3 is 6.61 Å². The number of methoxy groups -OCH3 is 1. The Morgan fingerprint density at radius 2 is 1.79 bits per heavy atom. The van der Waals surface area contributed by atoms with Crippen LogP contribution in [0.3, 0.4) is 0 Å². The minimum absolute atomic E-state index is 0.0259. The molecule has 0 aliphatic carbocycles. The fourth-order valence-corrected chi connectivity index (χ4v) is 2.45. The monoisotopic (exact) mass is 400 g/mol. The summed E-state index contributed by atoms with van der Waals surface area (Å²) in [6, 6.07) is 14.7. The number of ether oxygens (including phenoxy) is 3. The first-order valence-electron chi connectivity index (χ1n) is 8.59. The Kier molecular flexibility index (Phi) is 6.23. The second-order valence-electron chi connectivity index (χ2n) is 6.00. The van der Waals surface area contributed by atoms with Gasteiger partial charge in [0, 0.05) is 11.6 Å². The summed E-state index contributed by atoms with van der Waals surface area (Å²) in [6.45, 7) is -1.01. The number of nitrogens with one attached hydrogen (secondary N) is 1. The van der Waals surface area contributed by atoms with Gasteiger partial charge < -0.3 is 19.5 Å². The summed E-state index contributed by atoms with van der Waals surface area (Å²) < 4.78 is 39.8. The summed E-state index contributed by atoms with van der Waals surface area (Å²) in [5.41, 5.74) is 1.77. The smallest absolute Gasteiger partial charge is 0.387 e. The number of amides is 1. The minimum atomic E-state index is -2.99. The fraction of sp³-hybridized carbons (Fsp3) is 0.143. The quantitative estimate of drug-likeness (QED) is 0.601. The van der Waals surface area contributed by atoms with Crippen LogP contribution >= 0.6 is 0 Å². The number of rotatable bonds is 7. The molecule has 0 unspecified atom stereocenters. The summed E-state index contributed by atoms with van der Waals surface area (Å²) in [5.74, 6) is 0.442. The molecule has 0 fully saturated rings. The van der Waals surface area contributed by atoms with Crippen molar-refractivity contribution in [3.05, 3.63) is 71.9 Å². The zero-order chi connectivity index (χ0) is 20.8. The Labute approximate surface area is 166 Å². The molecule has 3 aromatic rings. The fourth-order valence-electron chi connectivity index (χ4n) is 2.45. The van der Waals surface area contributed by atoms with Gasteiger partial charge in [0.1, 0.15) is 5.75 Å². The number of carbonyl (C=O) groups is 1. The van der Waals surface area contributed by atoms with Crippen LogP contribution in [0.2, 0.25) is 0 Å². The Balaban J connectivity index is 1.66. The molecule has 0 atom stereocenters. The van der Waals surface area contributed by atoms with E-state index in [0.717, 1.165) is 5.56 Å². The van der Waals surface area contributed by atoms with Gasteiger partial charge in [-0.1, -0.05) is 17.7 Å². The summed E-state index contributed by atoms with van der Waals surface area (Å²) >= 11 is 0. The first kappa shape index (κ1) is 20.1. The van der Waals surface area contributed by atoms with E-state index in [1.54, 1.807) is 12.1 Å². The van der Waals surface area contributed by atoms with Crippen molar-refractivity contribution in [2.45, 2.75) is 13.5 Å². The van der Waals surface area contributed by atoms with E-state index in [9.17, 15) is 13.6 Å². The van der Waals surface area contributed by atoms with Crippen molar-refractivity contribution in [1.29, 1.82) is 0 Å². The molecule has 1 amide bonds. The average Bonchev–Trinajstić information content (AvgIpc) is 2.71. The zero-order valence-corrected chi connectivity index (χ0v) is 15.7. The Hall–Kier alpha value is -3.68. The van der Waals surface area contributed by atoms with E-state index in [2.05, 4.69) is 15.0 Å². The van der Waals surface area contributed by atoms with Crippen molar-refractivity contribution in [3.8, 4) is 23.1 Å². The van der Waals surface area contributed by atoms with Gasteiger partial charge in [-0.15, -0.1) is 0 Å². The highest BCUT2D eigenvalue weighted by atomic mass is 19.3. The van der Waals surface area contributed by atoms with E-state index in [-0.39, 0.29) is 17.1 Å². The van der Waals surface area contributed by atoms with Crippen molar-refractivity contribution in [1.82, 2.24) is 4.98 Å². The Bertz CT molecular complexity index is 977. The van der Waals surface area contributed by atoms with Gasteiger partial charge in [0.25, 0.3) is 5.91 Å². The molecule has 29 heavy (non-hydrogen) atoms. The van der Waals surface area contributed by atoms with Gasteiger partial charge in [-0.05, 0) is 43.3 Å². The lowest BCUT2D eigenvalue weighted by Gasteiger charge is -2.11. The molecule has 1 heterocycles. The highest BCUT2D eigenvalue weighted by molar-refractivity contribution is 6.04. The van der Waals surface area contributed by atoms with E-state index in [1.807, 2.05) is 31.2 Å². The average molecular weight is 400 g/mol. The van der Waals surface area contributed by atoms with Crippen LogP contribution < -0.4 is 19.5 Å². The van der Waals surface area contributed by atoms with Gasteiger partial charge in [-0.2, -0.15) is 8.78 Å². The standard InChI is InChI=1S/C21H18F2N2O4/c1-13-3-7-16(8-4-13)28-19-10-6-15(12-24-19)25-20(26)14-5-9-17(29-21(22)23)18(11-14)27-2/h3-12,21H,1-2H3,(H,25,26). The first-order valence-corrected chi connectivity index (χ1v) is 8.59. The molecule has 150 valence electrons. The summed E-state index contributed by atoms with van der Waals surface area (Å²) in [6.07, 6.45) is 1.45. The lowest BCUT2D eigenvalue weighted by molar-refractivity contribution is -0.0512. The summed E-state index contributed by atoms with van der Waals surface area (Å²) in [7, 11) is 1.30. The third-order valence-corrected chi connectivity index (χ3v) is 3.88. The second-order valence-corrected chi connectivity index (χ2v) is 6.00. The molecule has 0 radical (unpaired) electrons. The topological polar surface area (TPSA) is 69.7 Å². The predicted molar refractivity (Wildman–Crippen MR) is 103 cm³/mol. The number of aryl methyl sites for hydroxylation is 1. The number of nitrogens with zero attached hydrogens (tertiary/aromatic N) is 1. The van der Waals surface area contributed by atoms with Gasteiger partial charge in [-0.3, -0.25) is 4.79 Å². The number of benzene rings is 2. The molecule has 0 spiro atoms. The van der Waals surface area contributed by atoms with E-state index < -0.39 is 12.5 Å². The molecule has 0 aliphatic rings. The summed E-state index contributed by atoms with van der Waals surface area (Å²) in [4.78, 5) is 16.6. The minimum Gasteiger partial charge on any atom is -0.493 e. The zero-order valence-electron chi connectivity index (χ0n) is 15.7. The SMILES string of the molecule is COc1cc(C(=O)Nc2ccc(Oc3ccc(C)cc3)nc2)ccc1OC(F)F. The molecule has 2 aromatic carbocycles. The molecule has 0 bridgehead atoms. The lowest BCUT2D eigenvalue weighted by Crippen LogP contribution is -2.12. The molecule has 0 saturated heterocycles. The van der Waals surface area contributed by atoms with Crippen molar-refractivity contribution < 1.29 is 27.8 Å². The molecule has 1 N–H and O–H groups in total. The number of carbonyl (C=O) groups excluding carboxylic acids is 1. The maximum atomic E-state index is 12.4. The predicted octanol–water partition coefficient (Wildman–Crippen LogP) is 5.04. The van der Waals surface area contributed by atoms with E-state index >= 15 is 0 Å². The van der Waals surface area contributed by atoms with Gasteiger partial charge in [0.05, 0.1) is 19.0 Å². The third kappa shape index (κ3) is 5.41. The number of pyridine rings is 1. The number of alkyl halides is 2. The van der Waals surface area contributed by atoms with Crippen molar-refractivity contribution in [2.24, 2.45) is 0 Å². The number of hydrogen-bond donors (Lipinski definition) is 1. The highest BCUT2D eigenvalue weighted by Gasteiger charge is 2.14. The number of halogens is 2. The molecule has 0 aliphatic heterocycles. The van der Waals surface area contributed by atoms with Crippen LogP contribution in [0, 0.1) is 6.92 Å². The largest absolute Gasteiger partial charge is 0.493 e. The van der Waals surface area contributed by atoms with Gasteiger partial charge in [0.15, 0.2) is 11.5 Å². The van der Waals surface area contributed by atoms with E-state index in [4.69, 9.17) is 9.47 Å². The normalized spacial score (nSPS) is 10.5. The molecule has 0 saturated carbocycles. The van der Waals surface area contributed by atoms with Crippen LogP contribution in [0.4, 0.5) is 14.5 Å². The van der Waals surface area contributed by atoms with Crippen LogP contribution in [0.1, 0.15) is 15.9 Å². The van der Waals surface area contributed by atoms with Crippen molar-refractivity contribution >= 4 is 11.6 Å². The second kappa shape index (κ2) is 9.01. The number of aromatic nitrogens is 1. The molecular formula is C21H18F2N2O4. The Morgan fingerprint density at radius 3 is 2.41 bits per heavy atom. The molecular weight excluding hydrogens is 382 g/mol. The third-order valence-electron chi connectivity index (χ3n) is 3.88. The summed E-state index contributed by atoms with van der Waals surface area (Å²) in [5, 5.41) is 2.67. The van der Waals surface area contributed by atoms with Crippen LogP contribution in [-0.4, -0.2) is 24.6 Å². The van der Waals surface area contributed by atoms with E-state index in [1.165, 1.54) is 31.5 Å². The molecule has 1 aromatic heterocycles. The van der Waals surface area contributed by atoms with Crippen LogP contribution in [0.15, 0.2) is 60.8 Å². The number of anilines is 1. The van der Waals surface area contributed by atoms with Crippen LogP contribution in [0.25, 0.3) is 0 Å². The Morgan fingerprint density at radius 1 is 1.03 bits per heavy atom. The van der Waals surface area contributed by atoms with Crippen molar-refractivity contribution in [2.75, 3.05) is 12.4 Å². The van der Waals surface area contributed by atoms with Crippen LogP contribution in [-0.2, 0) is 0 Å². The highest BCUT2D eigenvalue weighted by Crippen LogP contribution is 2.30. The lowest BCUT2D eigenvalue weighted by atomic mass is 10.2. The van der Waals surface area contributed by atoms with Gasteiger partial charge in [-0.25, -0.2) is 4.98 Å². The first-order chi connectivity index (χ1) is 13.9. The van der Waals surface area contributed by atoms with E-state index in [0.29, 0.717) is 17.3 Å². The molecule has 6 nitrogen and oxygen atoms in total. The maximum Gasteiger partial charge on any atom is 0.387 e. The molecule has 8 heteroatoms. The molecule has 3 rings (SSSR count).